The Balaban J connectivity index is 2.46. The van der Waals surface area contributed by atoms with Gasteiger partial charge in [0.25, 0.3) is 0 Å². The molecule has 0 aliphatic carbocycles. The second-order valence-corrected chi connectivity index (χ2v) is 5.51. The van der Waals surface area contributed by atoms with Gasteiger partial charge in [-0.25, -0.2) is 0 Å². The van der Waals surface area contributed by atoms with Crippen LogP contribution in [0.4, 0.5) is 0 Å². The van der Waals surface area contributed by atoms with Gasteiger partial charge in [0.05, 0.1) is 12.0 Å². The van der Waals surface area contributed by atoms with E-state index in [1.54, 1.807) is 6.92 Å². The van der Waals surface area contributed by atoms with Gasteiger partial charge in [-0.2, -0.15) is 0 Å². The van der Waals surface area contributed by atoms with Crippen molar-refractivity contribution in [2.24, 2.45) is 11.8 Å². The van der Waals surface area contributed by atoms with E-state index in [0.717, 1.165) is 19.4 Å². The highest BCUT2D eigenvalue weighted by molar-refractivity contribution is 5.69. The maximum atomic E-state index is 10.8. The second-order valence-electron chi connectivity index (χ2n) is 5.51. The topological polar surface area (TPSA) is 49.8 Å². The van der Waals surface area contributed by atoms with Gasteiger partial charge in [0, 0.05) is 19.2 Å². The number of carboxylic acids is 1. The third-order valence-electron chi connectivity index (χ3n) is 3.64. The Bertz CT molecular complexity index is 255. The fourth-order valence-electron chi connectivity index (χ4n) is 2.33. The monoisotopic (exact) mass is 243 g/mol. The summed E-state index contributed by atoms with van der Waals surface area (Å²) in [5, 5.41) is 8.92. The Kier molecular flexibility index (Phi) is 5.40. The van der Waals surface area contributed by atoms with Crippen LogP contribution in [0, 0.1) is 11.8 Å². The minimum absolute atomic E-state index is 0.305. The number of hydrogen-bond donors (Lipinski definition) is 1. The normalized spacial score (nSPS) is 27.4. The summed E-state index contributed by atoms with van der Waals surface area (Å²) in [5.74, 6) is -0.493. The van der Waals surface area contributed by atoms with Crippen molar-refractivity contribution in [1.29, 1.82) is 0 Å². The third-order valence-corrected chi connectivity index (χ3v) is 3.64. The molecular weight excluding hydrogens is 218 g/mol. The molecule has 4 heteroatoms. The largest absolute Gasteiger partial charge is 0.481 e. The van der Waals surface area contributed by atoms with Crippen molar-refractivity contribution in [3.05, 3.63) is 0 Å². The first-order valence-electron chi connectivity index (χ1n) is 6.46. The predicted molar refractivity (Wildman–Crippen MR) is 67.0 cm³/mol. The zero-order chi connectivity index (χ0) is 13.0. The summed E-state index contributed by atoms with van der Waals surface area (Å²) >= 11 is 0. The molecule has 0 aromatic rings. The Morgan fingerprint density at radius 2 is 2.12 bits per heavy atom. The number of carboxylic acid groups (broad SMARTS) is 1. The van der Waals surface area contributed by atoms with E-state index in [2.05, 4.69) is 18.7 Å². The lowest BCUT2D eigenvalue weighted by Gasteiger charge is -2.37. The summed E-state index contributed by atoms with van der Waals surface area (Å²) in [7, 11) is 2.02. The van der Waals surface area contributed by atoms with Gasteiger partial charge in [0.1, 0.15) is 0 Å². The molecule has 0 bridgehead atoms. The highest BCUT2D eigenvalue weighted by Crippen LogP contribution is 2.23. The van der Waals surface area contributed by atoms with Crippen LogP contribution in [-0.4, -0.2) is 48.3 Å². The lowest BCUT2D eigenvalue weighted by atomic mass is 9.94. The number of nitrogens with zero attached hydrogens (tertiary/aromatic N) is 1. The number of hydrogen-bond acceptors (Lipinski definition) is 3. The molecule has 1 heterocycles. The van der Waals surface area contributed by atoms with Crippen molar-refractivity contribution in [2.45, 2.75) is 45.8 Å². The number of ether oxygens (including phenoxy) is 1. The minimum Gasteiger partial charge on any atom is -0.481 e. The molecule has 17 heavy (non-hydrogen) atoms. The van der Waals surface area contributed by atoms with Crippen LogP contribution in [0.1, 0.15) is 33.6 Å². The fourth-order valence-corrected chi connectivity index (χ4v) is 2.33. The molecule has 0 spiro atoms. The lowest BCUT2D eigenvalue weighted by Crippen LogP contribution is -2.44. The van der Waals surface area contributed by atoms with Gasteiger partial charge in [0.2, 0.25) is 0 Å². The summed E-state index contributed by atoms with van der Waals surface area (Å²) in [6.07, 6.45) is 2.34. The molecule has 4 nitrogen and oxygen atoms in total. The summed E-state index contributed by atoms with van der Waals surface area (Å²) in [6, 6.07) is 0.456. The van der Waals surface area contributed by atoms with Gasteiger partial charge in [-0.15, -0.1) is 0 Å². The Hall–Kier alpha value is -0.610. The maximum absolute atomic E-state index is 10.8. The average molecular weight is 243 g/mol. The molecule has 1 N–H and O–H groups in total. The van der Waals surface area contributed by atoms with Crippen LogP contribution in [0.5, 0.6) is 0 Å². The minimum atomic E-state index is -0.718. The van der Waals surface area contributed by atoms with Gasteiger partial charge in [0.15, 0.2) is 0 Å². The Morgan fingerprint density at radius 3 is 2.65 bits per heavy atom. The van der Waals surface area contributed by atoms with Gasteiger partial charge in [-0.1, -0.05) is 20.8 Å². The summed E-state index contributed by atoms with van der Waals surface area (Å²) in [4.78, 5) is 13.0. The quantitative estimate of drug-likeness (QED) is 0.800. The molecular formula is C13H25NO3. The molecule has 0 radical (unpaired) electrons. The third kappa shape index (κ3) is 4.28. The van der Waals surface area contributed by atoms with E-state index in [1.165, 1.54) is 0 Å². The van der Waals surface area contributed by atoms with Crippen molar-refractivity contribution >= 4 is 5.97 Å². The molecule has 1 rings (SSSR count). The lowest BCUT2D eigenvalue weighted by molar-refractivity contribution is -0.142. The summed E-state index contributed by atoms with van der Waals surface area (Å²) < 4.78 is 5.73. The number of aliphatic carboxylic acids is 1. The number of rotatable bonds is 5. The summed E-state index contributed by atoms with van der Waals surface area (Å²) in [5.41, 5.74) is 0. The van der Waals surface area contributed by atoms with Crippen LogP contribution in [-0.2, 0) is 9.53 Å². The van der Waals surface area contributed by atoms with Crippen LogP contribution in [0.15, 0.2) is 0 Å². The van der Waals surface area contributed by atoms with Crippen LogP contribution in [0.3, 0.4) is 0 Å². The van der Waals surface area contributed by atoms with Gasteiger partial charge >= 0.3 is 5.97 Å². The Morgan fingerprint density at radius 1 is 1.47 bits per heavy atom. The van der Waals surface area contributed by atoms with Crippen molar-refractivity contribution in [3.63, 3.8) is 0 Å². The standard InChI is InChI=1S/C13H25NO3/c1-9(2)12-7-11(5-6-17-12)14(4)8-10(3)13(15)16/h9-12H,5-8H2,1-4H3,(H,15,16). The van der Waals surface area contributed by atoms with Crippen molar-refractivity contribution in [3.8, 4) is 0 Å². The van der Waals surface area contributed by atoms with Crippen molar-refractivity contribution < 1.29 is 14.6 Å². The van der Waals surface area contributed by atoms with E-state index >= 15 is 0 Å². The molecule has 0 aromatic heterocycles. The van der Waals surface area contributed by atoms with E-state index in [4.69, 9.17) is 9.84 Å². The number of carbonyl (C=O) groups is 1. The van der Waals surface area contributed by atoms with Gasteiger partial charge in [-0.3, -0.25) is 4.79 Å². The van der Waals surface area contributed by atoms with E-state index < -0.39 is 5.97 Å². The van der Waals surface area contributed by atoms with E-state index in [9.17, 15) is 4.79 Å². The maximum Gasteiger partial charge on any atom is 0.307 e. The highest BCUT2D eigenvalue weighted by atomic mass is 16.5. The van der Waals surface area contributed by atoms with Crippen LogP contribution >= 0.6 is 0 Å². The van der Waals surface area contributed by atoms with E-state index in [1.807, 2.05) is 7.05 Å². The van der Waals surface area contributed by atoms with E-state index in [-0.39, 0.29) is 5.92 Å². The molecule has 0 aromatic carbocycles. The first kappa shape index (κ1) is 14.5. The smallest absolute Gasteiger partial charge is 0.307 e. The van der Waals surface area contributed by atoms with Crippen LogP contribution in [0.2, 0.25) is 0 Å². The first-order valence-corrected chi connectivity index (χ1v) is 6.46. The molecule has 0 amide bonds. The molecule has 1 aliphatic heterocycles. The van der Waals surface area contributed by atoms with Crippen LogP contribution < -0.4 is 0 Å². The molecule has 0 saturated carbocycles. The van der Waals surface area contributed by atoms with Crippen LogP contribution in [0.25, 0.3) is 0 Å². The van der Waals surface area contributed by atoms with Gasteiger partial charge < -0.3 is 14.7 Å². The second kappa shape index (κ2) is 6.36. The molecule has 1 aliphatic rings. The average Bonchev–Trinajstić information content (AvgIpc) is 2.28. The first-order chi connectivity index (χ1) is 7.91. The molecule has 1 saturated heterocycles. The van der Waals surface area contributed by atoms with E-state index in [0.29, 0.717) is 24.6 Å². The fraction of sp³-hybridized carbons (Fsp3) is 0.923. The van der Waals surface area contributed by atoms with Crippen molar-refractivity contribution in [2.75, 3.05) is 20.2 Å². The molecule has 3 atom stereocenters. The zero-order valence-corrected chi connectivity index (χ0v) is 11.3. The SMILES string of the molecule is CC(CN(C)C1CCOC(C(C)C)C1)C(=O)O. The van der Waals surface area contributed by atoms with Gasteiger partial charge in [-0.05, 0) is 25.8 Å². The van der Waals surface area contributed by atoms with Crippen molar-refractivity contribution in [1.82, 2.24) is 4.90 Å². The molecule has 100 valence electrons. The zero-order valence-electron chi connectivity index (χ0n) is 11.3. The summed E-state index contributed by atoms with van der Waals surface area (Å²) in [6.45, 7) is 7.52. The Labute approximate surface area is 104 Å². The predicted octanol–water partition coefficient (Wildman–Crippen LogP) is 1.84. The highest BCUT2D eigenvalue weighted by Gasteiger charge is 2.28. The molecule has 3 unspecified atom stereocenters. The molecule has 1 fully saturated rings.